The Morgan fingerprint density at radius 3 is 2.62 bits per heavy atom. The Bertz CT molecular complexity index is 743. The molecular weight excluding hydrogens is 306 g/mol. The first-order chi connectivity index (χ1) is 11.4. The van der Waals surface area contributed by atoms with Gasteiger partial charge in [-0.15, -0.1) is 0 Å². The molecule has 0 aliphatic heterocycles. The number of benzene rings is 1. The lowest BCUT2D eigenvalue weighted by molar-refractivity contribution is -0.139. The van der Waals surface area contributed by atoms with Crippen LogP contribution in [0.15, 0.2) is 30.3 Å². The molecule has 0 radical (unpaired) electrons. The molecule has 1 atom stereocenters. The first-order valence-electron chi connectivity index (χ1n) is 8.04. The minimum Gasteiger partial charge on any atom is -0.480 e. The number of amides is 1. The number of nitrogens with zero attached hydrogens (tertiary/aromatic N) is 2. The molecule has 128 valence electrons. The van der Waals surface area contributed by atoms with Crippen LogP contribution in [0, 0.1) is 0 Å². The highest BCUT2D eigenvalue weighted by Crippen LogP contribution is 2.22. The predicted molar refractivity (Wildman–Crippen MR) is 94.5 cm³/mol. The van der Waals surface area contributed by atoms with Crippen molar-refractivity contribution >= 4 is 28.6 Å². The number of pyridine rings is 1. The van der Waals surface area contributed by atoms with Gasteiger partial charge in [-0.1, -0.05) is 38.0 Å². The Labute approximate surface area is 141 Å². The summed E-state index contributed by atoms with van der Waals surface area (Å²) in [6, 6.07) is 8.16. The number of hydrogen-bond acceptors (Lipinski definition) is 4. The summed E-state index contributed by atoms with van der Waals surface area (Å²) in [4.78, 5) is 30.4. The van der Waals surface area contributed by atoms with Crippen LogP contribution in [0.2, 0.25) is 0 Å². The van der Waals surface area contributed by atoms with Crippen LogP contribution in [0.3, 0.4) is 0 Å². The lowest BCUT2D eigenvalue weighted by Crippen LogP contribution is -2.40. The number of carbonyl (C=O) groups excluding carboxylic acids is 1. The Morgan fingerprint density at radius 2 is 2.00 bits per heavy atom. The highest BCUT2D eigenvalue weighted by molar-refractivity contribution is 6.07. The van der Waals surface area contributed by atoms with Crippen molar-refractivity contribution in [1.82, 2.24) is 10.3 Å². The zero-order valence-corrected chi connectivity index (χ0v) is 14.2. The van der Waals surface area contributed by atoms with E-state index in [-0.39, 0.29) is 5.91 Å². The molecule has 0 aliphatic rings. The monoisotopic (exact) mass is 329 g/mol. The van der Waals surface area contributed by atoms with Crippen LogP contribution in [0.1, 0.15) is 36.5 Å². The van der Waals surface area contributed by atoms with Crippen LogP contribution < -0.4 is 10.2 Å². The van der Waals surface area contributed by atoms with Crippen molar-refractivity contribution in [2.75, 3.05) is 19.0 Å². The molecule has 0 spiro atoms. The first-order valence-corrected chi connectivity index (χ1v) is 8.04. The van der Waals surface area contributed by atoms with E-state index in [0.717, 1.165) is 12.8 Å². The SMILES string of the molecule is CCCC[C@H](NC(=O)c1cc(N(C)C)nc2ccccc12)C(=O)O. The number of carboxylic acid groups (broad SMARTS) is 1. The van der Waals surface area contributed by atoms with Gasteiger partial charge in [-0.2, -0.15) is 0 Å². The van der Waals surface area contributed by atoms with Gasteiger partial charge >= 0.3 is 5.97 Å². The Morgan fingerprint density at radius 1 is 1.29 bits per heavy atom. The standard InChI is InChI=1S/C18H23N3O3/c1-4-5-9-15(18(23)24)20-17(22)13-11-16(21(2)3)19-14-10-7-6-8-12(13)14/h6-8,10-11,15H,4-5,9H2,1-3H3,(H,20,22)(H,23,24)/t15-/m0/s1. The Kier molecular flexibility index (Phi) is 5.73. The summed E-state index contributed by atoms with van der Waals surface area (Å²) in [6.45, 7) is 1.99. The molecule has 6 nitrogen and oxygen atoms in total. The molecule has 2 aromatic rings. The quantitative estimate of drug-likeness (QED) is 0.816. The molecule has 1 amide bonds. The average molecular weight is 329 g/mol. The van der Waals surface area contributed by atoms with E-state index in [1.165, 1.54) is 0 Å². The second-order valence-corrected chi connectivity index (χ2v) is 5.95. The maximum Gasteiger partial charge on any atom is 0.326 e. The van der Waals surface area contributed by atoms with Crippen LogP contribution in [0.5, 0.6) is 0 Å². The van der Waals surface area contributed by atoms with Gasteiger partial charge in [0.05, 0.1) is 11.1 Å². The molecular formula is C18H23N3O3. The summed E-state index contributed by atoms with van der Waals surface area (Å²) in [6.07, 6.45) is 2.04. The van der Waals surface area contributed by atoms with E-state index in [1.54, 1.807) is 6.07 Å². The molecule has 2 rings (SSSR count). The van der Waals surface area contributed by atoms with Crippen molar-refractivity contribution in [2.45, 2.75) is 32.2 Å². The van der Waals surface area contributed by atoms with Crippen molar-refractivity contribution in [3.05, 3.63) is 35.9 Å². The molecule has 2 N–H and O–H groups in total. The van der Waals surface area contributed by atoms with Crippen molar-refractivity contribution < 1.29 is 14.7 Å². The highest BCUT2D eigenvalue weighted by atomic mass is 16.4. The summed E-state index contributed by atoms with van der Waals surface area (Å²) in [5.74, 6) is -0.748. The number of carbonyl (C=O) groups is 2. The highest BCUT2D eigenvalue weighted by Gasteiger charge is 2.22. The van der Waals surface area contributed by atoms with Crippen molar-refractivity contribution in [1.29, 1.82) is 0 Å². The van der Waals surface area contributed by atoms with Gasteiger partial charge in [-0.25, -0.2) is 9.78 Å². The number of fused-ring (bicyclic) bond motifs is 1. The van der Waals surface area contributed by atoms with E-state index in [9.17, 15) is 14.7 Å². The third-order valence-electron chi connectivity index (χ3n) is 3.86. The molecule has 0 fully saturated rings. The molecule has 1 heterocycles. The number of unbranched alkanes of at least 4 members (excludes halogenated alkanes) is 1. The number of rotatable bonds is 7. The average Bonchev–Trinajstić information content (AvgIpc) is 2.56. The molecule has 0 saturated carbocycles. The lowest BCUT2D eigenvalue weighted by atomic mass is 10.1. The molecule has 0 unspecified atom stereocenters. The summed E-state index contributed by atoms with van der Waals surface area (Å²) >= 11 is 0. The molecule has 0 saturated heterocycles. The lowest BCUT2D eigenvalue weighted by Gasteiger charge is -2.17. The van der Waals surface area contributed by atoms with Gasteiger partial charge in [0.1, 0.15) is 11.9 Å². The van der Waals surface area contributed by atoms with E-state index in [2.05, 4.69) is 10.3 Å². The number of hydrogen-bond donors (Lipinski definition) is 2. The number of aliphatic carboxylic acids is 1. The molecule has 0 aliphatic carbocycles. The Balaban J connectivity index is 2.38. The number of aromatic nitrogens is 1. The fourth-order valence-electron chi connectivity index (χ4n) is 2.48. The van der Waals surface area contributed by atoms with Crippen LogP contribution in [0.25, 0.3) is 10.9 Å². The van der Waals surface area contributed by atoms with Gasteiger partial charge < -0.3 is 15.3 Å². The van der Waals surface area contributed by atoms with E-state index >= 15 is 0 Å². The normalized spacial score (nSPS) is 12.0. The van der Waals surface area contributed by atoms with Gasteiger partial charge in [0.15, 0.2) is 0 Å². The minimum atomic E-state index is -1.01. The van der Waals surface area contributed by atoms with Crippen molar-refractivity contribution in [2.24, 2.45) is 0 Å². The summed E-state index contributed by atoms with van der Waals surface area (Å²) in [5.41, 5.74) is 1.14. The van der Waals surface area contributed by atoms with Crippen LogP contribution in [-0.2, 0) is 4.79 Å². The van der Waals surface area contributed by atoms with E-state index in [1.807, 2.05) is 50.2 Å². The first kappa shape index (κ1) is 17.7. The van der Waals surface area contributed by atoms with Gasteiger partial charge in [0.25, 0.3) is 5.91 Å². The fraction of sp³-hybridized carbons (Fsp3) is 0.389. The molecule has 1 aromatic carbocycles. The zero-order valence-electron chi connectivity index (χ0n) is 14.2. The van der Waals surface area contributed by atoms with Gasteiger partial charge in [-0.3, -0.25) is 4.79 Å². The number of nitrogens with one attached hydrogen (secondary N) is 1. The second kappa shape index (κ2) is 7.77. The maximum atomic E-state index is 12.7. The topological polar surface area (TPSA) is 82.5 Å². The molecule has 0 bridgehead atoms. The van der Waals surface area contributed by atoms with Crippen molar-refractivity contribution in [3.63, 3.8) is 0 Å². The summed E-state index contributed by atoms with van der Waals surface area (Å²) in [7, 11) is 3.69. The van der Waals surface area contributed by atoms with Gasteiger partial charge in [0, 0.05) is 19.5 Å². The predicted octanol–water partition coefficient (Wildman–Crippen LogP) is 2.67. The van der Waals surface area contributed by atoms with E-state index in [4.69, 9.17) is 0 Å². The summed E-state index contributed by atoms with van der Waals surface area (Å²) < 4.78 is 0. The molecule has 24 heavy (non-hydrogen) atoms. The second-order valence-electron chi connectivity index (χ2n) is 5.95. The zero-order chi connectivity index (χ0) is 17.7. The number of para-hydroxylation sites is 1. The minimum absolute atomic E-state index is 0.389. The van der Waals surface area contributed by atoms with Crippen LogP contribution in [-0.4, -0.2) is 42.1 Å². The fourth-order valence-corrected chi connectivity index (χ4v) is 2.48. The van der Waals surface area contributed by atoms with Crippen molar-refractivity contribution in [3.8, 4) is 0 Å². The Hall–Kier alpha value is -2.63. The molecule has 1 aromatic heterocycles. The van der Waals surface area contributed by atoms with Gasteiger partial charge in [0.2, 0.25) is 0 Å². The smallest absolute Gasteiger partial charge is 0.326 e. The molecule has 6 heteroatoms. The summed E-state index contributed by atoms with van der Waals surface area (Å²) in [5, 5.41) is 12.7. The third-order valence-corrected chi connectivity index (χ3v) is 3.86. The maximum absolute atomic E-state index is 12.7. The number of carboxylic acids is 1. The van der Waals surface area contributed by atoms with Crippen LogP contribution in [0.4, 0.5) is 5.82 Å². The number of anilines is 1. The van der Waals surface area contributed by atoms with Gasteiger partial charge in [-0.05, 0) is 18.6 Å². The van der Waals surface area contributed by atoms with Crippen LogP contribution >= 0.6 is 0 Å². The van der Waals surface area contributed by atoms with E-state index < -0.39 is 12.0 Å². The largest absolute Gasteiger partial charge is 0.480 e. The third kappa shape index (κ3) is 4.01. The van der Waals surface area contributed by atoms with E-state index in [0.29, 0.717) is 28.7 Å².